The maximum Gasteiger partial charge on any atom is 0.221 e. The van der Waals surface area contributed by atoms with E-state index in [1.165, 1.54) is 6.42 Å². The second kappa shape index (κ2) is 6.53. The lowest BCUT2D eigenvalue weighted by atomic mass is 9.87. The Morgan fingerprint density at radius 1 is 1.13 bits per heavy atom. The third kappa shape index (κ3) is 3.79. The van der Waals surface area contributed by atoms with Gasteiger partial charge in [-0.05, 0) is 19.4 Å². The molecule has 1 spiro atoms. The summed E-state index contributed by atoms with van der Waals surface area (Å²) in [6.45, 7) is 3.68. The lowest BCUT2D eigenvalue weighted by Crippen LogP contribution is -2.56. The molecule has 6 heteroatoms. The summed E-state index contributed by atoms with van der Waals surface area (Å²) in [6.07, 6.45) is 2.91. The molecule has 2 rings (SSSR count). The van der Waals surface area contributed by atoms with Crippen molar-refractivity contribution in [3.8, 4) is 0 Å². The van der Waals surface area contributed by atoms with Gasteiger partial charge in [-0.1, -0.05) is 0 Å². The molecule has 15 heavy (non-hydrogen) atoms. The Bertz CT molecular complexity index is 208. The average Bonchev–Trinajstić information content (AvgIpc) is 2.29. The molecule has 2 aliphatic rings. The Hall–Kier alpha value is -0.0300. The molecule has 0 radical (unpaired) electrons. The first-order valence-corrected chi connectivity index (χ1v) is 5.03. The van der Waals surface area contributed by atoms with Crippen molar-refractivity contribution in [2.24, 2.45) is 0 Å². The van der Waals surface area contributed by atoms with Gasteiger partial charge in [0.1, 0.15) is 0 Å². The van der Waals surface area contributed by atoms with Gasteiger partial charge in [-0.25, -0.2) is 0 Å². The monoisotopic (exact) mass is 255 g/mol. The minimum Gasteiger partial charge on any atom is -0.355 e. The van der Waals surface area contributed by atoms with Crippen LogP contribution in [0, 0.1) is 0 Å². The van der Waals surface area contributed by atoms with Crippen LogP contribution in [0.3, 0.4) is 0 Å². The molecule has 3 N–H and O–H groups in total. The Morgan fingerprint density at radius 3 is 2.60 bits per heavy atom. The van der Waals surface area contributed by atoms with E-state index in [9.17, 15) is 4.79 Å². The van der Waals surface area contributed by atoms with E-state index in [0.29, 0.717) is 6.42 Å². The highest BCUT2D eigenvalue weighted by Crippen LogP contribution is 2.20. The zero-order valence-electron chi connectivity index (χ0n) is 8.67. The number of carbonyl (C=O) groups is 1. The number of halogens is 2. The van der Waals surface area contributed by atoms with Gasteiger partial charge >= 0.3 is 0 Å². The summed E-state index contributed by atoms with van der Waals surface area (Å²) in [5.41, 5.74) is 0.0405. The minimum absolute atomic E-state index is 0. The average molecular weight is 256 g/mol. The fraction of sp³-hybridized carbons (Fsp3) is 0.889. The molecule has 0 saturated carbocycles. The molecule has 2 heterocycles. The van der Waals surface area contributed by atoms with Gasteiger partial charge in [-0.15, -0.1) is 24.8 Å². The van der Waals surface area contributed by atoms with Gasteiger partial charge in [-0.3, -0.25) is 4.79 Å². The standard InChI is InChI=1S/C9H17N3O.2ClH/c13-8-6-9(12-5-4-11-8)2-1-3-10-7-9;;/h10,12H,1-7H2,(H,11,13);2*1H. The molecule has 1 amide bonds. The van der Waals surface area contributed by atoms with Crippen molar-refractivity contribution < 1.29 is 4.79 Å². The zero-order chi connectivity index (χ0) is 9.15. The molecule has 0 aromatic heterocycles. The lowest BCUT2D eigenvalue weighted by molar-refractivity contribution is -0.122. The van der Waals surface area contributed by atoms with Crippen LogP contribution in [0.15, 0.2) is 0 Å². The SMILES string of the molecule is Cl.Cl.O=C1CC2(CCCNC2)NCCN1. The molecule has 0 aliphatic carbocycles. The van der Waals surface area contributed by atoms with Crippen molar-refractivity contribution in [1.29, 1.82) is 0 Å². The maximum atomic E-state index is 11.4. The first-order valence-electron chi connectivity index (χ1n) is 5.03. The molecule has 0 bridgehead atoms. The predicted octanol–water partition coefficient (Wildman–Crippen LogP) is 0.0617. The molecule has 1 unspecified atom stereocenters. The second-order valence-corrected chi connectivity index (χ2v) is 4.01. The van der Waals surface area contributed by atoms with Crippen LogP contribution in [0.25, 0.3) is 0 Å². The van der Waals surface area contributed by atoms with Gasteiger partial charge in [0, 0.05) is 31.6 Å². The summed E-state index contributed by atoms with van der Waals surface area (Å²) < 4.78 is 0. The summed E-state index contributed by atoms with van der Waals surface area (Å²) in [6, 6.07) is 0. The van der Waals surface area contributed by atoms with E-state index in [-0.39, 0.29) is 36.3 Å². The number of rotatable bonds is 0. The zero-order valence-corrected chi connectivity index (χ0v) is 10.3. The Kier molecular flexibility index (Phi) is 6.52. The van der Waals surface area contributed by atoms with Crippen LogP contribution in [-0.2, 0) is 4.79 Å². The molecule has 0 aromatic rings. The van der Waals surface area contributed by atoms with Crippen LogP contribution in [-0.4, -0.2) is 37.6 Å². The van der Waals surface area contributed by atoms with Crippen molar-refractivity contribution in [2.45, 2.75) is 24.8 Å². The van der Waals surface area contributed by atoms with E-state index in [1.54, 1.807) is 0 Å². The van der Waals surface area contributed by atoms with Gasteiger partial charge in [-0.2, -0.15) is 0 Å². The Balaban J connectivity index is 0.000000980. The first-order chi connectivity index (χ1) is 6.31. The van der Waals surface area contributed by atoms with Crippen LogP contribution < -0.4 is 16.0 Å². The van der Waals surface area contributed by atoms with E-state index < -0.39 is 0 Å². The predicted molar refractivity (Wildman–Crippen MR) is 65.0 cm³/mol. The third-order valence-electron chi connectivity index (χ3n) is 2.92. The number of amides is 1. The van der Waals surface area contributed by atoms with Crippen LogP contribution in [0.1, 0.15) is 19.3 Å². The Morgan fingerprint density at radius 2 is 1.93 bits per heavy atom. The molecule has 2 fully saturated rings. The van der Waals surface area contributed by atoms with Crippen molar-refractivity contribution in [1.82, 2.24) is 16.0 Å². The number of carbonyl (C=O) groups excluding carboxylic acids is 1. The van der Waals surface area contributed by atoms with E-state index >= 15 is 0 Å². The normalized spacial score (nSPS) is 30.8. The van der Waals surface area contributed by atoms with Crippen molar-refractivity contribution in [3.63, 3.8) is 0 Å². The molecular weight excluding hydrogens is 237 g/mol. The molecular formula is C9H19Cl2N3O. The summed E-state index contributed by atoms with van der Waals surface area (Å²) in [4.78, 5) is 11.4. The number of piperidine rings is 1. The summed E-state index contributed by atoms with van der Waals surface area (Å²) >= 11 is 0. The fourth-order valence-corrected chi connectivity index (χ4v) is 2.23. The van der Waals surface area contributed by atoms with Crippen molar-refractivity contribution >= 4 is 30.7 Å². The fourth-order valence-electron chi connectivity index (χ4n) is 2.23. The van der Waals surface area contributed by atoms with Gasteiger partial charge in [0.25, 0.3) is 0 Å². The molecule has 1 atom stereocenters. The van der Waals surface area contributed by atoms with Crippen LogP contribution >= 0.6 is 24.8 Å². The van der Waals surface area contributed by atoms with Gasteiger partial charge in [0.15, 0.2) is 0 Å². The van der Waals surface area contributed by atoms with Crippen LogP contribution in [0.4, 0.5) is 0 Å². The smallest absolute Gasteiger partial charge is 0.221 e. The number of hydrogen-bond donors (Lipinski definition) is 3. The highest BCUT2D eigenvalue weighted by Gasteiger charge is 2.34. The molecule has 4 nitrogen and oxygen atoms in total. The van der Waals surface area contributed by atoms with E-state index in [4.69, 9.17) is 0 Å². The second-order valence-electron chi connectivity index (χ2n) is 4.01. The highest BCUT2D eigenvalue weighted by atomic mass is 35.5. The van der Waals surface area contributed by atoms with Crippen LogP contribution in [0.2, 0.25) is 0 Å². The number of nitrogens with one attached hydrogen (secondary N) is 3. The molecule has 2 aliphatic heterocycles. The Labute approximate surface area is 103 Å². The van der Waals surface area contributed by atoms with E-state index in [2.05, 4.69) is 16.0 Å². The largest absolute Gasteiger partial charge is 0.355 e. The van der Waals surface area contributed by atoms with Gasteiger partial charge in [0.2, 0.25) is 5.91 Å². The molecule has 0 aromatic carbocycles. The number of hydrogen-bond acceptors (Lipinski definition) is 3. The topological polar surface area (TPSA) is 53.2 Å². The highest BCUT2D eigenvalue weighted by molar-refractivity contribution is 5.85. The third-order valence-corrected chi connectivity index (χ3v) is 2.92. The quantitative estimate of drug-likeness (QED) is 0.574. The molecule has 2 saturated heterocycles. The van der Waals surface area contributed by atoms with Gasteiger partial charge in [0.05, 0.1) is 0 Å². The first kappa shape index (κ1) is 15.0. The summed E-state index contributed by atoms with van der Waals surface area (Å²) in [7, 11) is 0. The summed E-state index contributed by atoms with van der Waals surface area (Å²) in [5, 5.41) is 9.72. The van der Waals surface area contributed by atoms with Crippen molar-refractivity contribution in [2.75, 3.05) is 26.2 Å². The lowest BCUT2D eigenvalue weighted by Gasteiger charge is -2.36. The maximum absolute atomic E-state index is 11.4. The van der Waals surface area contributed by atoms with Gasteiger partial charge < -0.3 is 16.0 Å². The van der Waals surface area contributed by atoms with Crippen molar-refractivity contribution in [3.05, 3.63) is 0 Å². The van der Waals surface area contributed by atoms with E-state index in [1.807, 2.05) is 0 Å². The minimum atomic E-state index is 0. The molecule has 90 valence electrons. The van der Waals surface area contributed by atoms with Crippen LogP contribution in [0.5, 0.6) is 0 Å². The summed E-state index contributed by atoms with van der Waals surface area (Å²) in [5.74, 6) is 0.189. The van der Waals surface area contributed by atoms with E-state index in [0.717, 1.165) is 32.6 Å².